The zero-order chi connectivity index (χ0) is 14.9. The molecule has 2 rings (SSSR count). The van der Waals surface area contributed by atoms with Crippen molar-refractivity contribution in [3.63, 3.8) is 0 Å². The highest BCUT2D eigenvalue weighted by Crippen LogP contribution is 2.24. The van der Waals surface area contributed by atoms with Crippen LogP contribution < -0.4 is 11.1 Å². The second kappa shape index (κ2) is 6.85. The molecule has 0 atom stereocenters. The molecule has 0 aliphatic rings. The van der Waals surface area contributed by atoms with Gasteiger partial charge in [-0.05, 0) is 35.9 Å². The number of nitrogens with zero attached hydrogens (tertiary/aromatic N) is 2. The Bertz CT molecular complexity index is 668. The zero-order valence-corrected chi connectivity index (χ0v) is 14.5. The maximum atomic E-state index is 11.6. The lowest BCUT2D eigenvalue weighted by Crippen LogP contribution is -2.15. The highest BCUT2D eigenvalue weighted by Gasteiger charge is 2.12. The number of unbranched alkanes of at least 4 members (excludes halogenated alkanes) is 1. The van der Waals surface area contributed by atoms with E-state index in [0.29, 0.717) is 34.6 Å². The lowest BCUT2D eigenvalue weighted by Gasteiger charge is -2.01. The van der Waals surface area contributed by atoms with E-state index in [2.05, 4.69) is 0 Å². The van der Waals surface area contributed by atoms with Gasteiger partial charge in [0, 0.05) is 13.1 Å². The Balaban J connectivity index is 1.91. The molecular formula is C10H8Cl4N2O2S2. The van der Waals surface area contributed by atoms with E-state index in [1.54, 1.807) is 0 Å². The highest BCUT2D eigenvalue weighted by molar-refractivity contribution is 7.12. The molecule has 2 aromatic rings. The number of aryl methyl sites for hydroxylation is 2. The predicted octanol–water partition coefficient (Wildman–Crippen LogP) is 4.23. The van der Waals surface area contributed by atoms with Crippen LogP contribution in [0.1, 0.15) is 12.8 Å². The summed E-state index contributed by atoms with van der Waals surface area (Å²) in [4.78, 5) is 23.2. The van der Waals surface area contributed by atoms with Gasteiger partial charge in [0.1, 0.15) is 18.7 Å². The largest absolute Gasteiger partial charge is 0.280 e. The average Bonchev–Trinajstić information content (AvgIpc) is 2.80. The predicted molar refractivity (Wildman–Crippen MR) is 86.4 cm³/mol. The Morgan fingerprint density at radius 1 is 0.750 bits per heavy atom. The van der Waals surface area contributed by atoms with Gasteiger partial charge in [-0.3, -0.25) is 17.5 Å². The summed E-state index contributed by atoms with van der Waals surface area (Å²) >= 11 is 25.2. The average molecular weight is 394 g/mol. The summed E-state index contributed by atoms with van der Waals surface area (Å²) in [6.45, 7) is 1.02. The van der Waals surface area contributed by atoms with Crippen molar-refractivity contribution in [3.8, 4) is 0 Å². The number of rotatable bonds is 5. The molecule has 4 nitrogen and oxygen atoms in total. The third-order valence-electron chi connectivity index (χ3n) is 2.53. The summed E-state index contributed by atoms with van der Waals surface area (Å²) < 4.78 is 3.60. The molecule has 10 heteroatoms. The van der Waals surface area contributed by atoms with Gasteiger partial charge in [0.2, 0.25) is 0 Å². The van der Waals surface area contributed by atoms with E-state index in [1.165, 1.54) is 7.91 Å². The fourth-order valence-electron chi connectivity index (χ4n) is 1.55. The highest BCUT2D eigenvalue weighted by atomic mass is 35.5. The van der Waals surface area contributed by atoms with E-state index in [0.717, 1.165) is 23.1 Å². The van der Waals surface area contributed by atoms with Gasteiger partial charge in [-0.25, -0.2) is 0 Å². The summed E-state index contributed by atoms with van der Waals surface area (Å²) in [6.07, 6.45) is 1.43. The molecule has 2 aromatic heterocycles. The molecule has 0 spiro atoms. The fraction of sp³-hybridized carbons (Fsp3) is 0.400. The molecule has 0 unspecified atom stereocenters. The molecule has 110 valence electrons. The molecular weight excluding hydrogens is 386 g/mol. The molecule has 0 aliphatic carbocycles. The monoisotopic (exact) mass is 392 g/mol. The zero-order valence-electron chi connectivity index (χ0n) is 9.87. The van der Waals surface area contributed by atoms with E-state index in [-0.39, 0.29) is 21.2 Å². The van der Waals surface area contributed by atoms with Crippen molar-refractivity contribution in [3.05, 3.63) is 39.4 Å². The molecule has 0 amide bonds. The SMILES string of the molecule is O=c1c(Cl)c(Cl)sn1CCCCn1sc(Cl)c(Cl)c1=O. The first-order valence-electron chi connectivity index (χ1n) is 5.52. The van der Waals surface area contributed by atoms with Crippen molar-refractivity contribution in [2.75, 3.05) is 0 Å². The lowest BCUT2D eigenvalue weighted by molar-refractivity contribution is 0.578. The fourth-order valence-corrected chi connectivity index (χ4v) is 4.23. The van der Waals surface area contributed by atoms with Gasteiger partial charge in [0.25, 0.3) is 11.1 Å². The van der Waals surface area contributed by atoms with Crippen LogP contribution in [-0.4, -0.2) is 7.91 Å². The van der Waals surface area contributed by atoms with Gasteiger partial charge in [-0.1, -0.05) is 46.4 Å². The van der Waals surface area contributed by atoms with Gasteiger partial charge < -0.3 is 0 Å². The third kappa shape index (κ3) is 3.43. The van der Waals surface area contributed by atoms with Crippen molar-refractivity contribution >= 4 is 69.5 Å². The Labute approximate surface area is 142 Å². The summed E-state index contributed by atoms with van der Waals surface area (Å²) in [5, 5.41) is 0.120. The van der Waals surface area contributed by atoms with Crippen molar-refractivity contribution in [1.29, 1.82) is 0 Å². The van der Waals surface area contributed by atoms with Crippen LogP contribution in [0.25, 0.3) is 0 Å². The van der Waals surface area contributed by atoms with Crippen LogP contribution in [0.3, 0.4) is 0 Å². The normalized spacial score (nSPS) is 11.2. The molecule has 2 heterocycles. The van der Waals surface area contributed by atoms with Gasteiger partial charge in [-0.2, -0.15) is 0 Å². The third-order valence-corrected chi connectivity index (χ3v) is 6.30. The minimum atomic E-state index is -0.277. The molecule has 0 bridgehead atoms. The van der Waals surface area contributed by atoms with Crippen LogP contribution >= 0.6 is 69.5 Å². The van der Waals surface area contributed by atoms with Crippen LogP contribution in [0.15, 0.2) is 9.59 Å². The van der Waals surface area contributed by atoms with E-state index in [1.807, 2.05) is 0 Å². The number of aromatic nitrogens is 2. The summed E-state index contributed by atoms with van der Waals surface area (Å²) in [7, 11) is 0. The van der Waals surface area contributed by atoms with Crippen molar-refractivity contribution in [2.45, 2.75) is 25.9 Å². The topological polar surface area (TPSA) is 44.0 Å². The Morgan fingerprint density at radius 3 is 1.35 bits per heavy atom. The van der Waals surface area contributed by atoms with Gasteiger partial charge in [0.05, 0.1) is 0 Å². The van der Waals surface area contributed by atoms with Crippen molar-refractivity contribution in [1.82, 2.24) is 7.91 Å². The molecule has 0 aliphatic heterocycles. The number of halogens is 4. The van der Waals surface area contributed by atoms with E-state index >= 15 is 0 Å². The molecule has 0 N–H and O–H groups in total. The first-order valence-corrected chi connectivity index (χ1v) is 8.58. The number of hydrogen-bond acceptors (Lipinski definition) is 4. The minimum absolute atomic E-state index is 0.0599. The molecule has 0 saturated heterocycles. The first kappa shape index (κ1) is 16.4. The van der Waals surface area contributed by atoms with Gasteiger partial charge in [-0.15, -0.1) is 0 Å². The summed E-state index contributed by atoms with van der Waals surface area (Å²) in [6, 6.07) is 0. The molecule has 0 radical (unpaired) electrons. The van der Waals surface area contributed by atoms with Gasteiger partial charge >= 0.3 is 0 Å². The van der Waals surface area contributed by atoms with Crippen molar-refractivity contribution < 1.29 is 0 Å². The van der Waals surface area contributed by atoms with E-state index in [4.69, 9.17) is 46.4 Å². The maximum absolute atomic E-state index is 11.6. The Morgan fingerprint density at radius 2 is 1.10 bits per heavy atom. The summed E-state index contributed by atoms with van der Waals surface area (Å²) in [5.74, 6) is 0. The smallest absolute Gasteiger partial charge is 0.267 e. The quantitative estimate of drug-likeness (QED) is 0.713. The Kier molecular flexibility index (Phi) is 5.62. The molecule has 0 fully saturated rings. The van der Waals surface area contributed by atoms with E-state index < -0.39 is 0 Å². The molecule has 0 aromatic carbocycles. The van der Waals surface area contributed by atoms with Crippen LogP contribution in [0.2, 0.25) is 18.7 Å². The Hall–Kier alpha value is 0.0200. The van der Waals surface area contributed by atoms with Gasteiger partial charge in [0.15, 0.2) is 0 Å². The molecule has 0 saturated carbocycles. The van der Waals surface area contributed by atoms with Crippen LogP contribution in [0.5, 0.6) is 0 Å². The number of hydrogen-bond donors (Lipinski definition) is 0. The summed E-state index contributed by atoms with van der Waals surface area (Å²) in [5.41, 5.74) is -0.554. The second-order valence-electron chi connectivity index (χ2n) is 3.88. The van der Waals surface area contributed by atoms with Crippen LogP contribution in [-0.2, 0) is 13.1 Å². The first-order chi connectivity index (χ1) is 9.41. The van der Waals surface area contributed by atoms with E-state index in [9.17, 15) is 9.59 Å². The molecule has 20 heavy (non-hydrogen) atoms. The lowest BCUT2D eigenvalue weighted by atomic mass is 10.3. The minimum Gasteiger partial charge on any atom is -0.267 e. The maximum Gasteiger partial charge on any atom is 0.280 e. The van der Waals surface area contributed by atoms with Crippen LogP contribution in [0, 0.1) is 0 Å². The van der Waals surface area contributed by atoms with Crippen molar-refractivity contribution in [2.24, 2.45) is 0 Å². The van der Waals surface area contributed by atoms with Crippen LogP contribution in [0.4, 0.5) is 0 Å². The second-order valence-corrected chi connectivity index (χ2v) is 7.90. The standard InChI is InChI=1S/C10H8Cl4N2O2S2/c11-5-7(13)19-15(9(5)17)3-1-2-4-16-10(18)6(12)8(14)20-16/h1-4H2.